The first-order chi connectivity index (χ1) is 13.9. The smallest absolute Gasteiger partial charge is 0.438 e. The van der Waals surface area contributed by atoms with E-state index in [4.69, 9.17) is 16.3 Å². The standard InChI is InChI=1S/C16H13ClF3N5O5/c1-9-7-15(27,16(18,19)20)24(21-9)14(26)12-4-5-23(22-12)8-30-13-3-2-10(25(28)29)6-11(13)17/h2-6,27H,7-8H2,1H3. The molecule has 2 aromatic rings. The molecule has 1 N–H and O–H groups in total. The van der Waals surface area contributed by atoms with Gasteiger partial charge in [-0.2, -0.15) is 28.4 Å². The van der Waals surface area contributed by atoms with Crippen LogP contribution in [0, 0.1) is 10.1 Å². The van der Waals surface area contributed by atoms with E-state index < -0.39 is 34.8 Å². The average molecular weight is 448 g/mol. The molecule has 14 heteroatoms. The third-order valence-electron chi connectivity index (χ3n) is 4.11. The van der Waals surface area contributed by atoms with Crippen LogP contribution in [0.4, 0.5) is 18.9 Å². The molecule has 0 saturated carbocycles. The maximum atomic E-state index is 13.3. The Kier molecular flexibility index (Phi) is 5.43. The number of non-ortho nitro benzene ring substituents is 1. The summed E-state index contributed by atoms with van der Waals surface area (Å²) >= 11 is 5.90. The van der Waals surface area contributed by atoms with E-state index in [1.165, 1.54) is 25.3 Å². The Morgan fingerprint density at radius 3 is 2.73 bits per heavy atom. The van der Waals surface area contributed by atoms with Crippen LogP contribution < -0.4 is 4.74 Å². The molecule has 1 aliphatic heterocycles. The summed E-state index contributed by atoms with van der Waals surface area (Å²) in [5.74, 6) is -1.16. The number of benzene rings is 1. The third-order valence-corrected chi connectivity index (χ3v) is 4.40. The number of hydrogen-bond acceptors (Lipinski definition) is 7. The van der Waals surface area contributed by atoms with Crippen molar-refractivity contribution in [2.75, 3.05) is 0 Å². The van der Waals surface area contributed by atoms with Gasteiger partial charge in [0.05, 0.1) is 9.95 Å². The first-order valence-corrected chi connectivity index (χ1v) is 8.58. The summed E-state index contributed by atoms with van der Waals surface area (Å²) in [5.41, 5.74) is -4.17. The molecule has 1 aliphatic rings. The van der Waals surface area contributed by atoms with Crippen molar-refractivity contribution in [3.63, 3.8) is 0 Å². The molecule has 0 aliphatic carbocycles. The quantitative estimate of drug-likeness (QED) is 0.555. The fourth-order valence-corrected chi connectivity index (χ4v) is 2.90. The summed E-state index contributed by atoms with van der Waals surface area (Å²) in [6.07, 6.45) is -4.74. The van der Waals surface area contributed by atoms with Crippen LogP contribution in [0.25, 0.3) is 0 Å². The number of rotatable bonds is 5. The molecule has 160 valence electrons. The fraction of sp³-hybridized carbons (Fsp3) is 0.312. The zero-order valence-corrected chi connectivity index (χ0v) is 15.9. The minimum absolute atomic E-state index is 0.0372. The molecule has 1 unspecified atom stereocenters. The number of nitro benzene ring substituents is 1. The van der Waals surface area contributed by atoms with Gasteiger partial charge < -0.3 is 9.84 Å². The van der Waals surface area contributed by atoms with Crippen molar-refractivity contribution in [1.29, 1.82) is 0 Å². The number of nitrogens with zero attached hydrogens (tertiary/aromatic N) is 5. The number of carbonyl (C=O) groups excluding carboxylic acids is 1. The summed E-state index contributed by atoms with van der Waals surface area (Å²) in [5, 5.41) is 27.9. The van der Waals surface area contributed by atoms with Gasteiger partial charge in [-0.15, -0.1) is 0 Å². The Bertz CT molecular complexity index is 1040. The predicted molar refractivity (Wildman–Crippen MR) is 95.9 cm³/mol. The van der Waals surface area contributed by atoms with Crippen molar-refractivity contribution in [2.45, 2.75) is 32.0 Å². The van der Waals surface area contributed by atoms with Gasteiger partial charge in [0.1, 0.15) is 5.75 Å². The number of aromatic nitrogens is 2. The van der Waals surface area contributed by atoms with Gasteiger partial charge in [0.2, 0.25) is 0 Å². The van der Waals surface area contributed by atoms with Crippen LogP contribution >= 0.6 is 11.6 Å². The minimum atomic E-state index is -5.12. The van der Waals surface area contributed by atoms with Gasteiger partial charge in [-0.25, -0.2) is 4.68 Å². The second kappa shape index (κ2) is 7.57. The molecule has 10 nitrogen and oxygen atoms in total. The molecular formula is C16H13ClF3N5O5. The van der Waals surface area contributed by atoms with E-state index in [0.717, 1.165) is 16.8 Å². The average Bonchev–Trinajstić information content (AvgIpc) is 3.24. The Hall–Kier alpha value is -3.19. The van der Waals surface area contributed by atoms with Crippen LogP contribution in [-0.4, -0.2) is 48.3 Å². The molecule has 0 saturated heterocycles. The number of alkyl halides is 3. The molecule has 0 radical (unpaired) electrons. The number of hydrazone groups is 1. The van der Waals surface area contributed by atoms with E-state index in [1.54, 1.807) is 0 Å². The summed E-state index contributed by atoms with van der Waals surface area (Å²) in [6.45, 7) is 0.959. The van der Waals surface area contributed by atoms with Gasteiger partial charge in [0.25, 0.3) is 17.3 Å². The maximum Gasteiger partial charge on any atom is 0.438 e. The van der Waals surface area contributed by atoms with Crippen LogP contribution in [0.15, 0.2) is 35.6 Å². The number of carbonyl (C=O) groups is 1. The molecule has 3 rings (SSSR count). The van der Waals surface area contributed by atoms with Crippen LogP contribution in [0.1, 0.15) is 23.8 Å². The van der Waals surface area contributed by atoms with Gasteiger partial charge in [0, 0.05) is 30.5 Å². The molecule has 0 fully saturated rings. The van der Waals surface area contributed by atoms with Crippen molar-refractivity contribution in [3.8, 4) is 5.75 Å². The van der Waals surface area contributed by atoms with Crippen LogP contribution in [-0.2, 0) is 6.73 Å². The second-order valence-corrected chi connectivity index (χ2v) is 6.74. The Morgan fingerprint density at radius 1 is 1.43 bits per heavy atom. The monoisotopic (exact) mass is 447 g/mol. The Balaban J connectivity index is 1.73. The first-order valence-electron chi connectivity index (χ1n) is 8.20. The zero-order valence-electron chi connectivity index (χ0n) is 15.1. The van der Waals surface area contributed by atoms with E-state index in [0.29, 0.717) is 0 Å². The Labute approximate surface area is 171 Å². The highest BCUT2D eigenvalue weighted by molar-refractivity contribution is 6.32. The van der Waals surface area contributed by atoms with Crippen LogP contribution in [0.3, 0.4) is 0 Å². The topological polar surface area (TPSA) is 123 Å². The lowest BCUT2D eigenvalue weighted by molar-refractivity contribution is -0.384. The fourth-order valence-electron chi connectivity index (χ4n) is 2.67. The van der Waals surface area contributed by atoms with E-state index in [-0.39, 0.29) is 33.9 Å². The lowest BCUT2D eigenvalue weighted by Gasteiger charge is -2.32. The highest BCUT2D eigenvalue weighted by Crippen LogP contribution is 2.40. The Morgan fingerprint density at radius 2 is 2.13 bits per heavy atom. The van der Waals surface area contributed by atoms with E-state index in [1.807, 2.05) is 0 Å². The summed E-state index contributed by atoms with van der Waals surface area (Å²) in [6, 6.07) is 4.65. The molecule has 1 amide bonds. The van der Waals surface area contributed by atoms with Crippen molar-refractivity contribution in [2.24, 2.45) is 5.10 Å². The van der Waals surface area contributed by atoms with Gasteiger partial charge in [0.15, 0.2) is 12.4 Å². The van der Waals surface area contributed by atoms with E-state index in [2.05, 4.69) is 10.2 Å². The van der Waals surface area contributed by atoms with Crippen molar-refractivity contribution >= 4 is 28.9 Å². The number of nitro groups is 1. The van der Waals surface area contributed by atoms with Crippen molar-refractivity contribution in [1.82, 2.24) is 14.8 Å². The molecule has 2 heterocycles. The lowest BCUT2D eigenvalue weighted by atomic mass is 10.1. The molecule has 1 aromatic heterocycles. The van der Waals surface area contributed by atoms with Crippen LogP contribution in [0.2, 0.25) is 5.02 Å². The first kappa shape index (κ1) is 21.5. The lowest BCUT2D eigenvalue weighted by Crippen LogP contribution is -2.56. The summed E-state index contributed by atoms with van der Waals surface area (Å²) < 4.78 is 46.2. The summed E-state index contributed by atoms with van der Waals surface area (Å²) in [4.78, 5) is 22.5. The van der Waals surface area contributed by atoms with Crippen molar-refractivity contribution < 1.29 is 32.7 Å². The molecule has 30 heavy (non-hydrogen) atoms. The van der Waals surface area contributed by atoms with Gasteiger partial charge in [-0.3, -0.25) is 14.9 Å². The molecular weight excluding hydrogens is 435 g/mol. The number of amides is 1. The highest BCUT2D eigenvalue weighted by Gasteiger charge is 2.63. The van der Waals surface area contributed by atoms with Crippen molar-refractivity contribution in [3.05, 3.63) is 51.3 Å². The zero-order chi connectivity index (χ0) is 22.3. The summed E-state index contributed by atoms with van der Waals surface area (Å²) in [7, 11) is 0. The number of hydrogen-bond donors (Lipinski definition) is 1. The normalized spacial score (nSPS) is 19.0. The number of aliphatic hydroxyl groups is 1. The van der Waals surface area contributed by atoms with E-state index >= 15 is 0 Å². The largest absolute Gasteiger partial charge is 0.470 e. The SMILES string of the molecule is CC1=NN(C(=O)c2ccn(COc3ccc([N+](=O)[O-])cc3Cl)n2)C(O)(C(F)(F)F)C1. The van der Waals surface area contributed by atoms with Gasteiger partial charge >= 0.3 is 6.18 Å². The highest BCUT2D eigenvalue weighted by atomic mass is 35.5. The number of ether oxygens (including phenoxy) is 1. The van der Waals surface area contributed by atoms with E-state index in [9.17, 15) is 33.2 Å². The molecule has 0 spiro atoms. The van der Waals surface area contributed by atoms with Gasteiger partial charge in [-0.05, 0) is 19.1 Å². The minimum Gasteiger partial charge on any atom is -0.470 e. The molecule has 0 bridgehead atoms. The van der Waals surface area contributed by atoms with Crippen LogP contribution in [0.5, 0.6) is 5.75 Å². The number of halogens is 4. The molecule has 1 atom stereocenters. The molecule has 1 aromatic carbocycles. The van der Waals surface area contributed by atoms with Gasteiger partial charge in [-0.1, -0.05) is 11.6 Å². The maximum absolute atomic E-state index is 13.3. The third kappa shape index (κ3) is 3.93. The predicted octanol–water partition coefficient (Wildman–Crippen LogP) is 2.95. The second-order valence-electron chi connectivity index (χ2n) is 6.33.